The van der Waals surface area contributed by atoms with Crippen molar-refractivity contribution in [3.8, 4) is 5.75 Å². The third kappa shape index (κ3) is 3.21. The average molecular weight is 438 g/mol. The molecule has 0 saturated heterocycles. The number of carbonyl (C=O) groups is 1. The summed E-state index contributed by atoms with van der Waals surface area (Å²) < 4.78 is 5.53. The molecule has 0 amide bonds. The van der Waals surface area contributed by atoms with Crippen LogP contribution in [-0.2, 0) is 9.11 Å². The number of hydrogen-bond acceptors (Lipinski definition) is 4. The summed E-state index contributed by atoms with van der Waals surface area (Å²) in [5.74, 6) is -0.539. The van der Waals surface area contributed by atoms with Crippen LogP contribution in [0.3, 0.4) is 0 Å². The number of benzene rings is 3. The van der Waals surface area contributed by atoms with E-state index in [1.165, 1.54) is 0 Å². The molecule has 0 radical (unpaired) electrons. The number of para-hydroxylation sites is 1. The van der Waals surface area contributed by atoms with Gasteiger partial charge in [0.2, 0.25) is 0 Å². The number of fused-ring (bicyclic) bond motifs is 1. The molecule has 6 heteroatoms. The Morgan fingerprint density at radius 3 is 2.21 bits per heavy atom. The molecule has 1 aliphatic heterocycles. The van der Waals surface area contributed by atoms with Gasteiger partial charge in [-0.1, -0.05) is 0 Å². The zero-order chi connectivity index (χ0) is 19.6. The Kier molecular flexibility index (Phi) is 4.99. The molecule has 3 aromatic carbocycles. The molecule has 0 saturated carbocycles. The van der Waals surface area contributed by atoms with Crippen molar-refractivity contribution in [1.82, 2.24) is 0 Å². The summed E-state index contributed by atoms with van der Waals surface area (Å²) in [4.78, 5) is 24.6. The monoisotopic (exact) mass is 439 g/mol. The molecule has 2 atom stereocenters. The molecule has 140 valence electrons. The molecule has 0 fully saturated rings. The quantitative estimate of drug-likeness (QED) is 0.195. The van der Waals surface area contributed by atoms with Gasteiger partial charge in [-0.25, -0.2) is 0 Å². The Labute approximate surface area is 168 Å². The maximum atomic E-state index is 13.3. The van der Waals surface area contributed by atoms with Gasteiger partial charge in [0.05, 0.1) is 0 Å². The number of hydrogen-bond donors (Lipinski definition) is 0. The van der Waals surface area contributed by atoms with E-state index in [-0.39, 0.29) is 11.5 Å². The van der Waals surface area contributed by atoms with E-state index in [1.807, 2.05) is 78.9 Å². The van der Waals surface area contributed by atoms with Gasteiger partial charge < -0.3 is 0 Å². The molecule has 0 N–H and O–H groups in total. The SMILES string of the molecule is O=C1Oc2ccccc2[C@@]1([Se]c1ccccc1)[C@H](C[N+](=O)[O-])c1ccccc1. The minimum absolute atomic E-state index is 0.339. The predicted octanol–water partition coefficient (Wildman–Crippen LogP) is 2.89. The topological polar surface area (TPSA) is 69.4 Å². The van der Waals surface area contributed by atoms with Gasteiger partial charge in [-0.05, 0) is 0 Å². The van der Waals surface area contributed by atoms with Crippen LogP contribution in [0.4, 0.5) is 0 Å². The van der Waals surface area contributed by atoms with Crippen molar-refractivity contribution in [3.63, 3.8) is 0 Å². The maximum absolute atomic E-state index is 13.3. The third-order valence-corrected chi connectivity index (χ3v) is 7.99. The van der Waals surface area contributed by atoms with Crippen LogP contribution >= 0.6 is 0 Å². The van der Waals surface area contributed by atoms with Crippen molar-refractivity contribution < 1.29 is 14.5 Å². The van der Waals surface area contributed by atoms with Gasteiger partial charge in [-0.3, -0.25) is 0 Å². The van der Waals surface area contributed by atoms with E-state index in [0.717, 1.165) is 15.6 Å². The first-order valence-corrected chi connectivity index (χ1v) is 10.5. The zero-order valence-corrected chi connectivity index (χ0v) is 16.6. The fourth-order valence-corrected chi connectivity index (χ4v) is 6.61. The number of rotatable bonds is 6. The van der Waals surface area contributed by atoms with Crippen LogP contribution in [0.2, 0.25) is 0 Å². The summed E-state index contributed by atoms with van der Waals surface area (Å²) >= 11 is -0.408. The van der Waals surface area contributed by atoms with E-state index < -0.39 is 31.2 Å². The summed E-state index contributed by atoms with van der Waals surface area (Å²) in [6.07, 6.45) is 0. The molecule has 4 rings (SSSR count). The Morgan fingerprint density at radius 1 is 0.929 bits per heavy atom. The number of carbonyl (C=O) groups excluding carboxylic acids is 1. The zero-order valence-electron chi connectivity index (χ0n) is 14.9. The van der Waals surface area contributed by atoms with Crippen LogP contribution in [0.1, 0.15) is 17.0 Å². The van der Waals surface area contributed by atoms with E-state index in [4.69, 9.17) is 4.74 Å². The molecule has 1 heterocycles. The van der Waals surface area contributed by atoms with Gasteiger partial charge in [0.15, 0.2) is 0 Å². The fourth-order valence-electron chi connectivity index (χ4n) is 3.62. The molecule has 0 spiro atoms. The van der Waals surface area contributed by atoms with Crippen molar-refractivity contribution >= 4 is 25.4 Å². The molecule has 1 aliphatic rings. The van der Waals surface area contributed by atoms with E-state index in [9.17, 15) is 14.9 Å². The first kappa shape index (κ1) is 18.4. The van der Waals surface area contributed by atoms with Crippen LogP contribution in [-0.4, -0.2) is 32.4 Å². The van der Waals surface area contributed by atoms with E-state index in [0.29, 0.717) is 5.75 Å². The van der Waals surface area contributed by atoms with Crippen molar-refractivity contribution in [2.45, 2.75) is 10.2 Å². The normalized spacial score (nSPS) is 18.9. The van der Waals surface area contributed by atoms with Gasteiger partial charge >= 0.3 is 169 Å². The molecule has 0 unspecified atom stereocenters. The van der Waals surface area contributed by atoms with Crippen LogP contribution in [0.15, 0.2) is 84.9 Å². The van der Waals surface area contributed by atoms with Gasteiger partial charge in [0, 0.05) is 0 Å². The molecule has 0 aliphatic carbocycles. The molecular formula is C22H17NO4Se. The number of nitrogens with zero attached hydrogens (tertiary/aromatic N) is 1. The second-order valence-corrected chi connectivity index (χ2v) is 9.28. The summed E-state index contributed by atoms with van der Waals surface area (Å²) in [6.45, 7) is -0.345. The van der Waals surface area contributed by atoms with Gasteiger partial charge in [-0.15, -0.1) is 0 Å². The standard InChI is InChI=1S/C22H17NO4Se/c24-21-22(28-17-11-5-2-6-12-17,18-13-7-8-14-20(18)27-21)19(15-23(25)26)16-9-3-1-4-10-16/h1-14,19H,15H2/t19-,22-/m1/s1. The Morgan fingerprint density at radius 2 is 1.54 bits per heavy atom. The first-order chi connectivity index (χ1) is 13.6. The molecule has 28 heavy (non-hydrogen) atoms. The summed E-state index contributed by atoms with van der Waals surface area (Å²) in [7, 11) is 0. The summed E-state index contributed by atoms with van der Waals surface area (Å²) in [5.41, 5.74) is 1.50. The molecular weight excluding hydrogens is 421 g/mol. The van der Waals surface area contributed by atoms with E-state index >= 15 is 0 Å². The van der Waals surface area contributed by atoms with Gasteiger partial charge in [0.1, 0.15) is 0 Å². The summed E-state index contributed by atoms with van der Waals surface area (Å²) in [5, 5.41) is 11.6. The van der Waals surface area contributed by atoms with Crippen LogP contribution in [0.25, 0.3) is 0 Å². The molecule has 5 nitrogen and oxygen atoms in total. The average Bonchev–Trinajstić information content (AvgIpc) is 2.99. The summed E-state index contributed by atoms with van der Waals surface area (Å²) in [6, 6.07) is 26.2. The van der Waals surface area contributed by atoms with Gasteiger partial charge in [-0.2, -0.15) is 0 Å². The number of nitro groups is 1. The van der Waals surface area contributed by atoms with Crippen molar-refractivity contribution in [3.05, 3.63) is 106 Å². The molecule has 0 bridgehead atoms. The molecule has 3 aromatic rings. The fraction of sp³-hybridized carbons (Fsp3) is 0.136. The number of esters is 1. The Balaban J connectivity index is 1.94. The second-order valence-electron chi connectivity index (χ2n) is 6.52. The Bertz CT molecular complexity index is 1010. The third-order valence-electron chi connectivity index (χ3n) is 4.84. The second kappa shape index (κ2) is 7.58. The van der Waals surface area contributed by atoms with Crippen molar-refractivity contribution in [1.29, 1.82) is 0 Å². The number of ether oxygens (including phenoxy) is 1. The van der Waals surface area contributed by atoms with Crippen molar-refractivity contribution in [2.24, 2.45) is 0 Å². The molecule has 0 aromatic heterocycles. The van der Waals surface area contributed by atoms with Crippen LogP contribution in [0, 0.1) is 10.1 Å². The first-order valence-electron chi connectivity index (χ1n) is 8.84. The van der Waals surface area contributed by atoms with Crippen LogP contribution < -0.4 is 9.20 Å². The Hall–Kier alpha value is -2.95. The predicted molar refractivity (Wildman–Crippen MR) is 107 cm³/mol. The van der Waals surface area contributed by atoms with Crippen molar-refractivity contribution in [2.75, 3.05) is 6.54 Å². The van der Waals surface area contributed by atoms with Gasteiger partial charge in [0.25, 0.3) is 0 Å². The van der Waals surface area contributed by atoms with E-state index in [2.05, 4.69) is 0 Å². The van der Waals surface area contributed by atoms with E-state index in [1.54, 1.807) is 6.07 Å². The minimum atomic E-state index is -1.10. The van der Waals surface area contributed by atoms with Crippen LogP contribution in [0.5, 0.6) is 5.75 Å².